The van der Waals surface area contributed by atoms with Crippen LogP contribution in [-0.2, 0) is 0 Å². The molecule has 0 aliphatic heterocycles. The SMILES string of the molecule is CC(NC1CCC(C#N)C1)C1CCC1. The third-order valence-electron chi connectivity index (χ3n) is 3.97. The Morgan fingerprint density at radius 1 is 1.29 bits per heavy atom. The highest BCUT2D eigenvalue weighted by atomic mass is 15.0. The van der Waals surface area contributed by atoms with Crippen molar-refractivity contribution in [2.75, 3.05) is 0 Å². The average Bonchev–Trinajstić information content (AvgIpc) is 2.48. The van der Waals surface area contributed by atoms with Crippen LogP contribution >= 0.6 is 0 Å². The third kappa shape index (κ3) is 2.09. The number of nitrogens with one attached hydrogen (secondary N) is 1. The van der Waals surface area contributed by atoms with Crippen molar-refractivity contribution in [2.24, 2.45) is 11.8 Å². The van der Waals surface area contributed by atoms with E-state index in [2.05, 4.69) is 18.3 Å². The van der Waals surface area contributed by atoms with Gasteiger partial charge >= 0.3 is 0 Å². The highest BCUT2D eigenvalue weighted by Gasteiger charge is 2.29. The van der Waals surface area contributed by atoms with Gasteiger partial charge in [-0.05, 0) is 44.9 Å². The van der Waals surface area contributed by atoms with Gasteiger partial charge in [0.05, 0.1) is 6.07 Å². The van der Waals surface area contributed by atoms with E-state index in [0.717, 1.165) is 18.8 Å². The molecule has 2 aliphatic carbocycles. The zero-order valence-electron chi connectivity index (χ0n) is 9.00. The number of nitrogens with zero attached hydrogens (tertiary/aromatic N) is 1. The molecule has 3 unspecified atom stereocenters. The van der Waals surface area contributed by atoms with E-state index in [4.69, 9.17) is 5.26 Å². The van der Waals surface area contributed by atoms with Crippen molar-refractivity contribution < 1.29 is 0 Å². The molecule has 3 atom stereocenters. The largest absolute Gasteiger partial charge is 0.311 e. The maximum absolute atomic E-state index is 8.81. The lowest BCUT2D eigenvalue weighted by Crippen LogP contribution is -2.42. The molecule has 2 nitrogen and oxygen atoms in total. The molecule has 0 amide bonds. The molecule has 1 N–H and O–H groups in total. The summed E-state index contributed by atoms with van der Waals surface area (Å²) < 4.78 is 0. The molecular weight excluding hydrogens is 172 g/mol. The van der Waals surface area contributed by atoms with Crippen LogP contribution in [-0.4, -0.2) is 12.1 Å². The molecule has 0 bridgehead atoms. The highest BCUT2D eigenvalue weighted by Crippen LogP contribution is 2.31. The molecular formula is C12H20N2. The zero-order valence-corrected chi connectivity index (χ0v) is 9.00. The lowest BCUT2D eigenvalue weighted by Gasteiger charge is -2.33. The summed E-state index contributed by atoms with van der Waals surface area (Å²) in [6.45, 7) is 2.31. The quantitative estimate of drug-likeness (QED) is 0.745. The van der Waals surface area contributed by atoms with E-state index in [1.807, 2.05) is 0 Å². The van der Waals surface area contributed by atoms with Gasteiger partial charge in [0, 0.05) is 18.0 Å². The first-order valence-corrected chi connectivity index (χ1v) is 5.95. The predicted molar refractivity (Wildman–Crippen MR) is 56.7 cm³/mol. The van der Waals surface area contributed by atoms with Gasteiger partial charge in [0.2, 0.25) is 0 Å². The molecule has 2 fully saturated rings. The maximum atomic E-state index is 8.81. The van der Waals surface area contributed by atoms with E-state index in [1.165, 1.54) is 25.7 Å². The van der Waals surface area contributed by atoms with E-state index in [-0.39, 0.29) is 0 Å². The van der Waals surface area contributed by atoms with Crippen molar-refractivity contribution in [3.05, 3.63) is 0 Å². The van der Waals surface area contributed by atoms with E-state index in [0.29, 0.717) is 18.0 Å². The van der Waals surface area contributed by atoms with Crippen LogP contribution in [0.4, 0.5) is 0 Å². The summed E-state index contributed by atoms with van der Waals surface area (Å²) in [5, 5.41) is 12.5. The van der Waals surface area contributed by atoms with Crippen LogP contribution in [0, 0.1) is 23.2 Å². The molecule has 0 aromatic carbocycles. The average molecular weight is 192 g/mol. The molecule has 0 spiro atoms. The van der Waals surface area contributed by atoms with Crippen molar-refractivity contribution in [2.45, 2.75) is 57.5 Å². The first-order valence-electron chi connectivity index (χ1n) is 5.95. The number of hydrogen-bond donors (Lipinski definition) is 1. The third-order valence-corrected chi connectivity index (χ3v) is 3.97. The predicted octanol–water partition coefficient (Wildman–Crippen LogP) is 2.46. The zero-order chi connectivity index (χ0) is 9.97. The van der Waals surface area contributed by atoms with Crippen molar-refractivity contribution in [3.63, 3.8) is 0 Å². The molecule has 0 aromatic rings. The van der Waals surface area contributed by atoms with Gasteiger partial charge in [0.25, 0.3) is 0 Å². The van der Waals surface area contributed by atoms with Crippen LogP contribution in [0.3, 0.4) is 0 Å². The topological polar surface area (TPSA) is 35.8 Å². The lowest BCUT2D eigenvalue weighted by molar-refractivity contribution is 0.226. The van der Waals surface area contributed by atoms with Crippen molar-refractivity contribution >= 4 is 0 Å². The number of hydrogen-bond acceptors (Lipinski definition) is 2. The molecule has 2 heteroatoms. The molecule has 0 radical (unpaired) electrons. The van der Waals surface area contributed by atoms with Gasteiger partial charge in [0.15, 0.2) is 0 Å². The monoisotopic (exact) mass is 192 g/mol. The van der Waals surface area contributed by atoms with Crippen LogP contribution in [0.1, 0.15) is 45.4 Å². The van der Waals surface area contributed by atoms with Gasteiger partial charge in [0.1, 0.15) is 0 Å². The molecule has 0 heterocycles. The summed E-state index contributed by atoms with van der Waals surface area (Å²) in [5.41, 5.74) is 0. The summed E-state index contributed by atoms with van der Waals surface area (Å²) in [6, 6.07) is 3.68. The van der Waals surface area contributed by atoms with Crippen molar-refractivity contribution in [1.82, 2.24) is 5.32 Å². The fourth-order valence-corrected chi connectivity index (χ4v) is 2.70. The maximum Gasteiger partial charge on any atom is 0.0656 e. The number of rotatable bonds is 3. The van der Waals surface area contributed by atoms with Gasteiger partial charge in [-0.1, -0.05) is 6.42 Å². The minimum Gasteiger partial charge on any atom is -0.311 e. The van der Waals surface area contributed by atoms with Crippen LogP contribution in [0.5, 0.6) is 0 Å². The summed E-state index contributed by atoms with van der Waals surface area (Å²) in [5.74, 6) is 1.23. The van der Waals surface area contributed by atoms with Gasteiger partial charge in [-0.2, -0.15) is 5.26 Å². The van der Waals surface area contributed by atoms with E-state index in [9.17, 15) is 0 Å². The Kier molecular flexibility index (Phi) is 3.08. The second-order valence-corrected chi connectivity index (χ2v) is 4.98. The molecule has 2 aliphatic rings. The van der Waals surface area contributed by atoms with Crippen molar-refractivity contribution in [1.29, 1.82) is 5.26 Å². The molecule has 2 rings (SSSR count). The Balaban J connectivity index is 1.73. The Morgan fingerprint density at radius 2 is 2.07 bits per heavy atom. The Morgan fingerprint density at radius 3 is 2.57 bits per heavy atom. The first-order chi connectivity index (χ1) is 6.79. The second-order valence-electron chi connectivity index (χ2n) is 4.98. The van der Waals surface area contributed by atoms with Gasteiger partial charge in [-0.3, -0.25) is 0 Å². The molecule has 2 saturated carbocycles. The minimum atomic E-state index is 0.320. The van der Waals surface area contributed by atoms with Crippen LogP contribution in [0.15, 0.2) is 0 Å². The number of nitriles is 1. The van der Waals surface area contributed by atoms with Crippen molar-refractivity contribution in [3.8, 4) is 6.07 Å². The summed E-state index contributed by atoms with van der Waals surface area (Å²) >= 11 is 0. The fraction of sp³-hybridized carbons (Fsp3) is 0.917. The lowest BCUT2D eigenvalue weighted by atomic mass is 9.80. The standard InChI is InChI=1S/C12H20N2/c1-9(11-3-2-4-11)14-12-6-5-10(7-12)8-13/h9-12,14H,2-7H2,1H3. The summed E-state index contributed by atoms with van der Waals surface area (Å²) in [4.78, 5) is 0. The molecule has 0 saturated heterocycles. The Labute approximate surface area is 86.7 Å². The van der Waals surface area contributed by atoms with Crippen LogP contribution in [0.25, 0.3) is 0 Å². The summed E-state index contributed by atoms with van der Waals surface area (Å²) in [7, 11) is 0. The van der Waals surface area contributed by atoms with E-state index >= 15 is 0 Å². The van der Waals surface area contributed by atoms with Gasteiger partial charge < -0.3 is 5.32 Å². The van der Waals surface area contributed by atoms with E-state index < -0.39 is 0 Å². The van der Waals surface area contributed by atoms with E-state index in [1.54, 1.807) is 0 Å². The normalized spacial score (nSPS) is 34.9. The Hall–Kier alpha value is -0.550. The fourth-order valence-electron chi connectivity index (χ4n) is 2.70. The Bertz CT molecular complexity index is 227. The summed E-state index contributed by atoms with van der Waals surface area (Å²) in [6.07, 6.45) is 7.61. The van der Waals surface area contributed by atoms with Gasteiger partial charge in [-0.25, -0.2) is 0 Å². The minimum absolute atomic E-state index is 0.320. The van der Waals surface area contributed by atoms with Crippen LogP contribution in [0.2, 0.25) is 0 Å². The van der Waals surface area contributed by atoms with Gasteiger partial charge in [-0.15, -0.1) is 0 Å². The molecule has 0 aromatic heterocycles. The molecule has 78 valence electrons. The first kappa shape index (κ1) is 9.98. The molecule has 14 heavy (non-hydrogen) atoms. The smallest absolute Gasteiger partial charge is 0.0656 e. The second kappa shape index (κ2) is 4.31. The highest BCUT2D eigenvalue weighted by molar-refractivity contribution is 4.94. The van der Waals surface area contributed by atoms with Crippen LogP contribution < -0.4 is 5.32 Å².